The summed E-state index contributed by atoms with van der Waals surface area (Å²) in [5.41, 5.74) is 5.37. The van der Waals surface area contributed by atoms with Gasteiger partial charge in [0, 0.05) is 18.6 Å². The molecule has 0 bridgehead atoms. The van der Waals surface area contributed by atoms with E-state index in [-0.39, 0.29) is 5.91 Å². The Kier molecular flexibility index (Phi) is 4.55. The highest BCUT2D eigenvalue weighted by Crippen LogP contribution is 2.36. The summed E-state index contributed by atoms with van der Waals surface area (Å²) in [5, 5.41) is 3.59. The molecule has 3 N–H and O–H groups in total. The summed E-state index contributed by atoms with van der Waals surface area (Å²) in [6.45, 7) is 4.58. The van der Waals surface area contributed by atoms with E-state index in [0.717, 1.165) is 31.7 Å². The molecule has 0 aromatic heterocycles. The van der Waals surface area contributed by atoms with E-state index in [1.807, 2.05) is 0 Å². The van der Waals surface area contributed by atoms with Gasteiger partial charge >= 0.3 is 0 Å². The van der Waals surface area contributed by atoms with Crippen molar-refractivity contribution in [3.63, 3.8) is 0 Å². The number of primary amides is 1. The predicted octanol–water partition coefficient (Wildman–Crippen LogP) is 2.03. The molecule has 3 aliphatic carbocycles. The minimum Gasteiger partial charge on any atom is -0.368 e. The Bertz CT molecular complexity index is 378. The summed E-state index contributed by atoms with van der Waals surface area (Å²) in [6.07, 6.45) is 10.8. The van der Waals surface area contributed by atoms with Gasteiger partial charge in [-0.1, -0.05) is 13.3 Å². The molecule has 2 atom stereocenters. The van der Waals surface area contributed by atoms with Crippen LogP contribution in [-0.4, -0.2) is 41.5 Å². The van der Waals surface area contributed by atoms with Crippen molar-refractivity contribution in [3.8, 4) is 0 Å². The zero-order valence-electron chi connectivity index (χ0n) is 13.4. The van der Waals surface area contributed by atoms with Crippen LogP contribution < -0.4 is 11.1 Å². The first-order chi connectivity index (χ1) is 10.1. The van der Waals surface area contributed by atoms with Crippen LogP contribution in [0.1, 0.15) is 64.7 Å². The molecule has 2 unspecified atom stereocenters. The van der Waals surface area contributed by atoms with Crippen LogP contribution in [-0.2, 0) is 4.79 Å². The average Bonchev–Trinajstić information content (AvgIpc) is 3.21. The fraction of sp³-hybridized carbons (Fsp3) is 0.941. The second-order valence-corrected chi connectivity index (χ2v) is 7.50. The third-order valence-corrected chi connectivity index (χ3v) is 5.89. The van der Waals surface area contributed by atoms with Crippen molar-refractivity contribution < 1.29 is 4.79 Å². The van der Waals surface area contributed by atoms with Gasteiger partial charge < -0.3 is 16.0 Å². The van der Waals surface area contributed by atoms with Gasteiger partial charge in [0.1, 0.15) is 0 Å². The van der Waals surface area contributed by atoms with Crippen LogP contribution in [0.3, 0.4) is 0 Å². The van der Waals surface area contributed by atoms with Crippen molar-refractivity contribution in [1.82, 2.24) is 10.2 Å². The molecule has 0 aromatic rings. The Hall–Kier alpha value is -0.610. The Morgan fingerprint density at radius 3 is 2.52 bits per heavy atom. The summed E-state index contributed by atoms with van der Waals surface area (Å²) in [4.78, 5) is 14.7. The van der Waals surface area contributed by atoms with E-state index in [2.05, 4.69) is 17.1 Å². The van der Waals surface area contributed by atoms with Gasteiger partial charge in [0.05, 0.1) is 5.54 Å². The van der Waals surface area contributed by atoms with Crippen LogP contribution in [0.4, 0.5) is 0 Å². The lowest BCUT2D eigenvalue weighted by atomic mass is 9.76. The van der Waals surface area contributed by atoms with E-state index in [1.54, 1.807) is 0 Å². The molecule has 0 radical (unpaired) electrons. The molecular formula is C17H31N3O. The van der Waals surface area contributed by atoms with Crippen molar-refractivity contribution in [2.24, 2.45) is 11.7 Å². The van der Waals surface area contributed by atoms with Crippen molar-refractivity contribution >= 4 is 5.91 Å². The van der Waals surface area contributed by atoms with Crippen molar-refractivity contribution in [3.05, 3.63) is 0 Å². The summed E-state index contributed by atoms with van der Waals surface area (Å²) < 4.78 is 0. The SMILES string of the molecule is CCN(CC1CCC1)C1CCCC(NC2CC2)(C(N)=O)C1. The lowest BCUT2D eigenvalue weighted by molar-refractivity contribution is -0.127. The first-order valence-electron chi connectivity index (χ1n) is 8.94. The van der Waals surface area contributed by atoms with E-state index in [4.69, 9.17) is 5.73 Å². The summed E-state index contributed by atoms with van der Waals surface area (Å²) in [7, 11) is 0. The first kappa shape index (κ1) is 15.3. The standard InChI is InChI=1S/C17H31N3O/c1-2-20(12-13-5-3-6-13)15-7-4-10-17(11-15,16(18)21)19-14-8-9-14/h13-15,19H,2-12H2,1H3,(H2,18,21). The summed E-state index contributed by atoms with van der Waals surface area (Å²) >= 11 is 0. The zero-order chi connectivity index (χ0) is 14.9. The van der Waals surface area contributed by atoms with Gasteiger partial charge in [-0.25, -0.2) is 0 Å². The molecule has 3 fully saturated rings. The van der Waals surface area contributed by atoms with Crippen LogP contribution in [0.2, 0.25) is 0 Å². The zero-order valence-corrected chi connectivity index (χ0v) is 13.4. The van der Waals surface area contributed by atoms with Crippen molar-refractivity contribution in [1.29, 1.82) is 0 Å². The lowest BCUT2D eigenvalue weighted by Crippen LogP contribution is -2.61. The van der Waals surface area contributed by atoms with Gasteiger partial charge in [-0.2, -0.15) is 0 Å². The number of nitrogens with one attached hydrogen (secondary N) is 1. The maximum Gasteiger partial charge on any atom is 0.237 e. The van der Waals surface area contributed by atoms with Crippen LogP contribution in [0.15, 0.2) is 0 Å². The molecule has 3 rings (SSSR count). The third kappa shape index (κ3) is 3.42. The number of nitrogens with zero attached hydrogens (tertiary/aromatic N) is 1. The van der Waals surface area contributed by atoms with Crippen LogP contribution >= 0.6 is 0 Å². The van der Waals surface area contributed by atoms with E-state index >= 15 is 0 Å². The van der Waals surface area contributed by atoms with Gasteiger partial charge in [0.25, 0.3) is 0 Å². The minimum atomic E-state index is -0.433. The number of nitrogens with two attached hydrogens (primary N) is 1. The molecule has 21 heavy (non-hydrogen) atoms. The monoisotopic (exact) mass is 293 g/mol. The topological polar surface area (TPSA) is 58.4 Å². The molecule has 0 heterocycles. The highest BCUT2D eigenvalue weighted by molar-refractivity contribution is 5.85. The quantitative estimate of drug-likeness (QED) is 0.755. The molecule has 0 aliphatic heterocycles. The van der Waals surface area contributed by atoms with Gasteiger partial charge in [-0.15, -0.1) is 0 Å². The van der Waals surface area contributed by atoms with E-state index in [1.165, 1.54) is 45.1 Å². The molecule has 120 valence electrons. The molecular weight excluding hydrogens is 262 g/mol. The number of hydrogen-bond donors (Lipinski definition) is 2. The molecule has 0 aromatic carbocycles. The van der Waals surface area contributed by atoms with Gasteiger partial charge in [-0.3, -0.25) is 4.79 Å². The molecule has 1 amide bonds. The Balaban J connectivity index is 1.65. The second kappa shape index (κ2) is 6.25. The number of rotatable bonds is 7. The van der Waals surface area contributed by atoms with Crippen molar-refractivity contribution in [2.45, 2.75) is 82.3 Å². The fourth-order valence-corrected chi connectivity index (χ4v) is 4.15. The highest BCUT2D eigenvalue weighted by atomic mass is 16.1. The molecule has 4 heteroatoms. The number of amides is 1. The van der Waals surface area contributed by atoms with Crippen LogP contribution in [0, 0.1) is 5.92 Å². The molecule has 0 saturated heterocycles. The van der Waals surface area contributed by atoms with Crippen molar-refractivity contribution in [2.75, 3.05) is 13.1 Å². The largest absolute Gasteiger partial charge is 0.368 e. The number of hydrogen-bond acceptors (Lipinski definition) is 3. The number of carbonyl (C=O) groups is 1. The smallest absolute Gasteiger partial charge is 0.237 e. The Morgan fingerprint density at radius 1 is 1.24 bits per heavy atom. The molecule has 4 nitrogen and oxygen atoms in total. The van der Waals surface area contributed by atoms with Crippen LogP contribution in [0.5, 0.6) is 0 Å². The lowest BCUT2D eigenvalue weighted by Gasteiger charge is -2.45. The normalized spacial score (nSPS) is 33.9. The van der Waals surface area contributed by atoms with E-state index in [9.17, 15) is 4.79 Å². The minimum absolute atomic E-state index is 0.126. The van der Waals surface area contributed by atoms with E-state index in [0.29, 0.717) is 12.1 Å². The second-order valence-electron chi connectivity index (χ2n) is 7.50. The Morgan fingerprint density at radius 2 is 2.00 bits per heavy atom. The average molecular weight is 293 g/mol. The highest BCUT2D eigenvalue weighted by Gasteiger charge is 2.45. The molecule has 3 saturated carbocycles. The first-order valence-corrected chi connectivity index (χ1v) is 8.94. The van der Waals surface area contributed by atoms with Gasteiger partial charge in [-0.05, 0) is 63.8 Å². The molecule has 3 aliphatic rings. The predicted molar refractivity (Wildman–Crippen MR) is 84.9 cm³/mol. The van der Waals surface area contributed by atoms with Gasteiger partial charge in [0.2, 0.25) is 5.91 Å². The Labute approximate surface area is 128 Å². The number of carbonyl (C=O) groups excluding carboxylic acids is 1. The van der Waals surface area contributed by atoms with Gasteiger partial charge in [0.15, 0.2) is 0 Å². The van der Waals surface area contributed by atoms with Crippen LogP contribution in [0.25, 0.3) is 0 Å². The fourth-order valence-electron chi connectivity index (χ4n) is 4.15. The third-order valence-electron chi connectivity index (χ3n) is 5.89. The molecule has 0 spiro atoms. The van der Waals surface area contributed by atoms with E-state index < -0.39 is 5.54 Å². The summed E-state index contributed by atoms with van der Waals surface area (Å²) in [6, 6.07) is 1.07. The maximum atomic E-state index is 12.1. The summed E-state index contributed by atoms with van der Waals surface area (Å²) in [5.74, 6) is 0.769. The maximum absolute atomic E-state index is 12.1.